The van der Waals surface area contributed by atoms with Crippen LogP contribution in [0.5, 0.6) is 0 Å². The van der Waals surface area contributed by atoms with Crippen LogP contribution >= 0.6 is 22.6 Å². The van der Waals surface area contributed by atoms with Gasteiger partial charge in [0.05, 0.1) is 0 Å². The minimum atomic E-state index is 0.374. The van der Waals surface area contributed by atoms with Gasteiger partial charge in [0.1, 0.15) is 0 Å². The van der Waals surface area contributed by atoms with Crippen LogP contribution in [0.1, 0.15) is 22.9 Å². The number of halogens is 1. The van der Waals surface area contributed by atoms with Crippen LogP contribution in [0.25, 0.3) is 0 Å². The van der Waals surface area contributed by atoms with E-state index in [1.165, 1.54) is 11.1 Å². The van der Waals surface area contributed by atoms with E-state index in [0.29, 0.717) is 9.75 Å². The van der Waals surface area contributed by atoms with Crippen LogP contribution < -0.4 is 0 Å². The van der Waals surface area contributed by atoms with Gasteiger partial charge in [-0.15, -0.1) is 0 Å². The lowest BCUT2D eigenvalue weighted by atomic mass is 10.1. The third kappa shape index (κ3) is 1.67. The summed E-state index contributed by atoms with van der Waals surface area (Å²) in [5.74, 6) is 1.15. The van der Waals surface area contributed by atoms with Crippen LogP contribution in [0.15, 0.2) is 28.8 Å². The van der Waals surface area contributed by atoms with Crippen molar-refractivity contribution in [3.8, 4) is 0 Å². The Kier molecular flexibility index (Phi) is 2.23. The maximum Gasteiger partial charge on any atom is 0.232 e. The van der Waals surface area contributed by atoms with Crippen LogP contribution in [0.3, 0.4) is 0 Å². The number of fused-ring (bicyclic) bond motifs is 1. The van der Waals surface area contributed by atoms with E-state index in [4.69, 9.17) is 4.52 Å². The fourth-order valence-electron chi connectivity index (χ4n) is 2.12. The van der Waals surface area contributed by atoms with Gasteiger partial charge in [-0.05, 0) is 24.0 Å². The molecular formula is C11H9IN2O. The number of aromatic nitrogens is 2. The zero-order valence-corrected chi connectivity index (χ0v) is 10.1. The topological polar surface area (TPSA) is 38.9 Å². The maximum atomic E-state index is 5.21. The SMILES string of the molecule is Ic1noc(C2Cc3ccccc3C2)n1. The lowest BCUT2D eigenvalue weighted by molar-refractivity contribution is 0.353. The van der Waals surface area contributed by atoms with Gasteiger partial charge in [0.25, 0.3) is 0 Å². The molecule has 0 saturated heterocycles. The Hall–Kier alpha value is -0.910. The second-order valence-corrected chi connectivity index (χ2v) is 4.74. The Morgan fingerprint density at radius 2 is 1.87 bits per heavy atom. The van der Waals surface area contributed by atoms with Gasteiger partial charge >= 0.3 is 0 Å². The van der Waals surface area contributed by atoms with Crippen molar-refractivity contribution in [1.82, 2.24) is 10.1 Å². The molecule has 0 radical (unpaired) electrons. The summed E-state index contributed by atoms with van der Waals surface area (Å²) in [5.41, 5.74) is 2.83. The first-order chi connectivity index (χ1) is 7.33. The largest absolute Gasteiger partial charge is 0.338 e. The van der Waals surface area contributed by atoms with Crippen molar-refractivity contribution < 1.29 is 4.52 Å². The van der Waals surface area contributed by atoms with Crippen LogP contribution in [0.4, 0.5) is 0 Å². The lowest BCUT2D eigenvalue weighted by Crippen LogP contribution is -1.97. The smallest absolute Gasteiger partial charge is 0.232 e. The Morgan fingerprint density at radius 3 is 2.40 bits per heavy atom. The average molecular weight is 312 g/mol. The minimum absolute atomic E-state index is 0.374. The molecule has 2 aromatic rings. The molecule has 15 heavy (non-hydrogen) atoms. The maximum absolute atomic E-state index is 5.21. The highest BCUT2D eigenvalue weighted by Gasteiger charge is 2.26. The fourth-order valence-corrected chi connectivity index (χ4v) is 2.45. The number of hydrogen-bond donors (Lipinski definition) is 0. The average Bonchev–Trinajstić information content (AvgIpc) is 2.82. The molecule has 0 spiro atoms. The van der Waals surface area contributed by atoms with E-state index in [1.807, 2.05) is 0 Å². The van der Waals surface area contributed by atoms with Crippen molar-refractivity contribution in [2.75, 3.05) is 0 Å². The van der Waals surface area contributed by atoms with Gasteiger partial charge in [0.2, 0.25) is 9.72 Å². The minimum Gasteiger partial charge on any atom is -0.338 e. The molecule has 3 rings (SSSR count). The molecule has 1 aromatic heterocycles. The standard InChI is InChI=1S/C11H9IN2O/c12-11-13-10(15-14-11)9-5-7-3-1-2-4-8(7)6-9/h1-4,9H,5-6H2. The molecule has 0 amide bonds. The first-order valence-corrected chi connectivity index (χ1v) is 5.96. The van der Waals surface area contributed by atoms with Crippen LogP contribution in [-0.4, -0.2) is 10.1 Å². The molecule has 4 heteroatoms. The highest BCUT2D eigenvalue weighted by molar-refractivity contribution is 14.1. The molecule has 3 nitrogen and oxygen atoms in total. The first kappa shape index (κ1) is 9.33. The van der Waals surface area contributed by atoms with Crippen molar-refractivity contribution in [2.24, 2.45) is 0 Å². The molecule has 0 fully saturated rings. The summed E-state index contributed by atoms with van der Waals surface area (Å²) < 4.78 is 5.90. The van der Waals surface area contributed by atoms with Gasteiger partial charge in [-0.3, -0.25) is 0 Å². The van der Waals surface area contributed by atoms with Crippen molar-refractivity contribution in [2.45, 2.75) is 18.8 Å². The second kappa shape index (κ2) is 3.59. The van der Waals surface area contributed by atoms with Crippen molar-refractivity contribution in [3.05, 3.63) is 45.1 Å². The molecule has 1 aliphatic carbocycles. The van der Waals surface area contributed by atoms with E-state index in [1.54, 1.807) is 0 Å². The van der Waals surface area contributed by atoms with E-state index in [-0.39, 0.29) is 0 Å². The summed E-state index contributed by atoms with van der Waals surface area (Å²) >= 11 is 2.07. The molecule has 0 N–H and O–H groups in total. The number of nitrogens with zero attached hydrogens (tertiary/aromatic N) is 2. The van der Waals surface area contributed by atoms with E-state index in [9.17, 15) is 0 Å². The Morgan fingerprint density at radius 1 is 1.20 bits per heavy atom. The molecule has 1 aromatic carbocycles. The quantitative estimate of drug-likeness (QED) is 0.760. The van der Waals surface area contributed by atoms with Gasteiger partial charge in [0, 0.05) is 28.5 Å². The summed E-state index contributed by atoms with van der Waals surface area (Å²) in [7, 11) is 0. The predicted octanol–water partition coefficient (Wildman–Crippen LogP) is 2.56. The van der Waals surface area contributed by atoms with Crippen LogP contribution in [0.2, 0.25) is 0 Å². The zero-order chi connectivity index (χ0) is 10.3. The summed E-state index contributed by atoms with van der Waals surface area (Å²) in [5, 5.41) is 3.82. The van der Waals surface area contributed by atoms with Gasteiger partial charge < -0.3 is 4.52 Å². The molecule has 0 aliphatic heterocycles. The Labute approximate surface area is 101 Å². The molecule has 0 atom stereocenters. The molecule has 0 saturated carbocycles. The lowest BCUT2D eigenvalue weighted by Gasteiger charge is -1.99. The number of benzene rings is 1. The second-order valence-electron chi connectivity index (χ2n) is 3.78. The summed E-state index contributed by atoms with van der Waals surface area (Å²) in [6.45, 7) is 0. The Bertz CT molecular complexity index is 470. The van der Waals surface area contributed by atoms with Gasteiger partial charge in [-0.2, -0.15) is 4.98 Å². The third-order valence-corrected chi connectivity index (χ3v) is 3.26. The first-order valence-electron chi connectivity index (χ1n) is 4.89. The van der Waals surface area contributed by atoms with E-state index in [0.717, 1.165) is 18.7 Å². The summed E-state index contributed by atoms with van der Waals surface area (Å²) in [4.78, 5) is 4.28. The number of rotatable bonds is 1. The monoisotopic (exact) mass is 312 g/mol. The molecule has 0 bridgehead atoms. The van der Waals surface area contributed by atoms with Crippen molar-refractivity contribution in [1.29, 1.82) is 0 Å². The van der Waals surface area contributed by atoms with E-state index >= 15 is 0 Å². The van der Waals surface area contributed by atoms with E-state index in [2.05, 4.69) is 57.0 Å². The normalized spacial score (nSPS) is 15.5. The zero-order valence-electron chi connectivity index (χ0n) is 7.98. The van der Waals surface area contributed by atoms with Crippen LogP contribution in [0, 0.1) is 3.83 Å². The summed E-state index contributed by atoms with van der Waals surface area (Å²) in [6, 6.07) is 8.52. The molecule has 0 unspecified atom stereocenters. The van der Waals surface area contributed by atoms with Gasteiger partial charge in [-0.25, -0.2) is 0 Å². The highest BCUT2D eigenvalue weighted by atomic mass is 127. The highest BCUT2D eigenvalue weighted by Crippen LogP contribution is 2.32. The fraction of sp³-hybridized carbons (Fsp3) is 0.273. The van der Waals surface area contributed by atoms with Crippen molar-refractivity contribution >= 4 is 22.6 Å². The molecule has 1 aliphatic rings. The molecule has 76 valence electrons. The van der Waals surface area contributed by atoms with Gasteiger partial charge in [0.15, 0.2) is 0 Å². The Balaban J connectivity index is 1.90. The van der Waals surface area contributed by atoms with Crippen molar-refractivity contribution in [3.63, 3.8) is 0 Å². The molecular weight excluding hydrogens is 303 g/mol. The van der Waals surface area contributed by atoms with E-state index < -0.39 is 0 Å². The third-order valence-electron chi connectivity index (χ3n) is 2.82. The summed E-state index contributed by atoms with van der Waals surface area (Å²) in [6.07, 6.45) is 2.04. The molecule has 1 heterocycles. The number of hydrogen-bond acceptors (Lipinski definition) is 3. The predicted molar refractivity (Wildman–Crippen MR) is 63.6 cm³/mol. The van der Waals surface area contributed by atoms with Gasteiger partial charge in [-0.1, -0.05) is 29.4 Å². The van der Waals surface area contributed by atoms with Crippen LogP contribution in [-0.2, 0) is 12.8 Å².